The minimum Gasteiger partial charge on any atom is -0.495 e. The van der Waals surface area contributed by atoms with Gasteiger partial charge in [0, 0.05) is 13.2 Å². The molecule has 0 aliphatic rings. The number of ether oxygens (including phenoxy) is 1. The van der Waals surface area contributed by atoms with E-state index in [1.54, 1.807) is 25.1 Å². The summed E-state index contributed by atoms with van der Waals surface area (Å²) in [6.07, 6.45) is 0. The number of sulfonamides is 1. The van der Waals surface area contributed by atoms with Gasteiger partial charge >= 0.3 is 0 Å². The minimum atomic E-state index is -3.62. The highest BCUT2D eigenvalue weighted by Crippen LogP contribution is 2.24. The lowest BCUT2D eigenvalue weighted by molar-refractivity contribution is 0.238. The smallest absolute Gasteiger partial charge is 0.244 e. The molecule has 0 amide bonds. The molecule has 0 heterocycles. The van der Waals surface area contributed by atoms with Crippen LogP contribution in [0.2, 0.25) is 0 Å². The molecule has 102 valence electrons. The number of hydrogen-bond donors (Lipinski definition) is 2. The van der Waals surface area contributed by atoms with Crippen LogP contribution in [0, 0.1) is 12.8 Å². The van der Waals surface area contributed by atoms with Crippen molar-refractivity contribution in [3.8, 4) is 5.75 Å². The Hall–Kier alpha value is -1.11. The van der Waals surface area contributed by atoms with Gasteiger partial charge in [-0.25, -0.2) is 13.1 Å². The fourth-order valence-electron chi connectivity index (χ4n) is 1.39. The predicted molar refractivity (Wildman–Crippen MR) is 69.2 cm³/mol. The zero-order valence-corrected chi connectivity index (χ0v) is 11.6. The van der Waals surface area contributed by atoms with Gasteiger partial charge in [-0.15, -0.1) is 0 Å². The minimum absolute atomic E-state index is 0.0620. The zero-order chi connectivity index (χ0) is 13.8. The Morgan fingerprint density at radius 3 is 2.67 bits per heavy atom. The molecule has 0 saturated carbocycles. The second-order valence-corrected chi connectivity index (χ2v) is 6.03. The number of aryl methyl sites for hydroxylation is 1. The first kappa shape index (κ1) is 14.9. The molecule has 6 heteroatoms. The molecule has 0 aliphatic carbocycles. The molecule has 0 saturated heterocycles. The van der Waals surface area contributed by atoms with E-state index in [2.05, 4.69) is 4.72 Å². The molecule has 18 heavy (non-hydrogen) atoms. The SMILES string of the molecule is COc1ccc(C)cc1S(=O)(=O)NCC(C)CO. The van der Waals surface area contributed by atoms with E-state index in [1.807, 2.05) is 6.92 Å². The van der Waals surface area contributed by atoms with Crippen LogP contribution in [-0.4, -0.2) is 33.8 Å². The largest absolute Gasteiger partial charge is 0.495 e. The maximum Gasteiger partial charge on any atom is 0.244 e. The van der Waals surface area contributed by atoms with Gasteiger partial charge in [-0.2, -0.15) is 0 Å². The number of benzene rings is 1. The van der Waals surface area contributed by atoms with Gasteiger partial charge in [-0.1, -0.05) is 13.0 Å². The molecule has 0 radical (unpaired) electrons. The highest BCUT2D eigenvalue weighted by Gasteiger charge is 2.19. The van der Waals surface area contributed by atoms with E-state index in [1.165, 1.54) is 7.11 Å². The summed E-state index contributed by atoms with van der Waals surface area (Å²) in [6, 6.07) is 4.97. The number of nitrogens with one attached hydrogen (secondary N) is 1. The fraction of sp³-hybridized carbons (Fsp3) is 0.500. The second-order valence-electron chi connectivity index (χ2n) is 4.29. The first-order valence-corrected chi connectivity index (χ1v) is 7.14. The summed E-state index contributed by atoms with van der Waals surface area (Å²) in [5.41, 5.74) is 0.839. The van der Waals surface area contributed by atoms with Crippen LogP contribution in [0.5, 0.6) is 5.75 Å². The number of methoxy groups -OCH3 is 1. The van der Waals surface area contributed by atoms with E-state index in [0.29, 0.717) is 5.75 Å². The Bertz CT molecular complexity index is 499. The third-order valence-corrected chi connectivity index (χ3v) is 3.99. The molecule has 1 rings (SSSR count). The maximum absolute atomic E-state index is 12.1. The van der Waals surface area contributed by atoms with Gasteiger partial charge in [-0.05, 0) is 30.5 Å². The van der Waals surface area contributed by atoms with Crippen LogP contribution in [0.1, 0.15) is 12.5 Å². The molecule has 1 atom stereocenters. The van der Waals surface area contributed by atoms with Crippen LogP contribution in [0.15, 0.2) is 23.1 Å². The van der Waals surface area contributed by atoms with E-state index in [0.717, 1.165) is 5.56 Å². The van der Waals surface area contributed by atoms with E-state index < -0.39 is 10.0 Å². The van der Waals surface area contributed by atoms with E-state index >= 15 is 0 Å². The summed E-state index contributed by atoms with van der Waals surface area (Å²) in [6.45, 7) is 3.70. The average Bonchev–Trinajstić information content (AvgIpc) is 2.36. The Morgan fingerprint density at radius 1 is 1.44 bits per heavy atom. The van der Waals surface area contributed by atoms with Crippen molar-refractivity contribution >= 4 is 10.0 Å². The average molecular weight is 273 g/mol. The van der Waals surface area contributed by atoms with Crippen LogP contribution in [0.25, 0.3) is 0 Å². The summed E-state index contributed by atoms with van der Waals surface area (Å²) in [5, 5.41) is 8.89. The molecule has 2 N–H and O–H groups in total. The van der Waals surface area contributed by atoms with Gasteiger partial charge in [0.25, 0.3) is 0 Å². The number of aliphatic hydroxyl groups is 1. The Kier molecular flexibility index (Phi) is 5.13. The Labute approximate surface area is 108 Å². The Balaban J connectivity index is 3.00. The van der Waals surface area contributed by atoms with Gasteiger partial charge in [0.1, 0.15) is 10.6 Å². The summed E-state index contributed by atoms with van der Waals surface area (Å²) in [7, 11) is -2.19. The lowest BCUT2D eigenvalue weighted by atomic mass is 10.2. The van der Waals surface area contributed by atoms with Crippen LogP contribution < -0.4 is 9.46 Å². The molecular weight excluding hydrogens is 254 g/mol. The zero-order valence-electron chi connectivity index (χ0n) is 10.8. The number of aliphatic hydroxyl groups excluding tert-OH is 1. The normalized spacial score (nSPS) is 13.3. The molecule has 0 bridgehead atoms. The molecular formula is C12H19NO4S. The molecule has 5 nitrogen and oxygen atoms in total. The van der Waals surface area contributed by atoms with Crippen molar-refractivity contribution in [2.24, 2.45) is 5.92 Å². The first-order chi connectivity index (χ1) is 8.40. The van der Waals surface area contributed by atoms with E-state index in [-0.39, 0.29) is 24.0 Å². The molecule has 1 aromatic carbocycles. The van der Waals surface area contributed by atoms with Crippen molar-refractivity contribution in [2.75, 3.05) is 20.3 Å². The van der Waals surface area contributed by atoms with Gasteiger partial charge in [0.2, 0.25) is 10.0 Å². The molecule has 0 aromatic heterocycles. The lowest BCUT2D eigenvalue weighted by Gasteiger charge is -2.13. The van der Waals surface area contributed by atoms with Crippen molar-refractivity contribution in [3.05, 3.63) is 23.8 Å². The quantitative estimate of drug-likeness (QED) is 0.808. The maximum atomic E-state index is 12.1. The van der Waals surface area contributed by atoms with Crippen LogP contribution in [0.3, 0.4) is 0 Å². The van der Waals surface area contributed by atoms with E-state index in [9.17, 15) is 8.42 Å². The van der Waals surface area contributed by atoms with Gasteiger partial charge in [0.15, 0.2) is 0 Å². The van der Waals surface area contributed by atoms with Crippen molar-refractivity contribution in [1.82, 2.24) is 4.72 Å². The highest BCUT2D eigenvalue weighted by atomic mass is 32.2. The fourth-order valence-corrected chi connectivity index (χ4v) is 2.80. The number of rotatable bonds is 6. The summed E-state index contributed by atoms with van der Waals surface area (Å²) >= 11 is 0. The monoisotopic (exact) mass is 273 g/mol. The third kappa shape index (κ3) is 3.69. The first-order valence-electron chi connectivity index (χ1n) is 5.66. The van der Waals surface area contributed by atoms with Crippen molar-refractivity contribution in [1.29, 1.82) is 0 Å². The van der Waals surface area contributed by atoms with Crippen molar-refractivity contribution < 1.29 is 18.3 Å². The molecule has 0 fully saturated rings. The predicted octanol–water partition coefficient (Wildman–Crippen LogP) is 0.910. The topological polar surface area (TPSA) is 75.6 Å². The molecule has 1 aromatic rings. The number of hydrogen-bond acceptors (Lipinski definition) is 4. The Morgan fingerprint density at radius 2 is 2.11 bits per heavy atom. The van der Waals surface area contributed by atoms with Gasteiger partial charge < -0.3 is 9.84 Å². The molecule has 0 aliphatic heterocycles. The van der Waals surface area contributed by atoms with Crippen molar-refractivity contribution in [3.63, 3.8) is 0 Å². The third-order valence-electron chi connectivity index (χ3n) is 2.54. The van der Waals surface area contributed by atoms with Crippen LogP contribution >= 0.6 is 0 Å². The van der Waals surface area contributed by atoms with Gasteiger partial charge in [0.05, 0.1) is 7.11 Å². The summed E-state index contributed by atoms with van der Waals surface area (Å²) in [5.74, 6) is 0.181. The van der Waals surface area contributed by atoms with E-state index in [4.69, 9.17) is 9.84 Å². The summed E-state index contributed by atoms with van der Waals surface area (Å²) in [4.78, 5) is 0.120. The standard InChI is InChI=1S/C12H19NO4S/c1-9-4-5-11(17-3)12(6-9)18(15,16)13-7-10(2)8-14/h4-6,10,13-14H,7-8H2,1-3H3. The van der Waals surface area contributed by atoms with Crippen LogP contribution in [0.4, 0.5) is 0 Å². The molecule has 0 spiro atoms. The van der Waals surface area contributed by atoms with Crippen molar-refractivity contribution in [2.45, 2.75) is 18.7 Å². The summed E-state index contributed by atoms with van der Waals surface area (Å²) < 4.78 is 31.7. The lowest BCUT2D eigenvalue weighted by Crippen LogP contribution is -2.30. The van der Waals surface area contributed by atoms with Gasteiger partial charge in [-0.3, -0.25) is 0 Å². The second kappa shape index (κ2) is 6.17. The molecule has 1 unspecified atom stereocenters. The van der Waals surface area contributed by atoms with Crippen LogP contribution in [-0.2, 0) is 10.0 Å². The highest BCUT2D eigenvalue weighted by molar-refractivity contribution is 7.89.